The molecule has 1 aromatic carbocycles. The molecule has 0 heterocycles. The lowest BCUT2D eigenvalue weighted by atomic mass is 10.1. The molecule has 2 nitrogen and oxygen atoms in total. The first-order valence-electron chi connectivity index (χ1n) is 6.60. The fourth-order valence-electron chi connectivity index (χ4n) is 1.68. The largest absolute Gasteiger partial charge is 0.493 e. The normalized spacial score (nSPS) is 15.8. The lowest BCUT2D eigenvalue weighted by molar-refractivity contribution is 0.294. The van der Waals surface area contributed by atoms with Gasteiger partial charge in [-0.05, 0) is 57.7 Å². The number of hydrogen-bond donors (Lipinski definition) is 1. The zero-order valence-corrected chi connectivity index (χ0v) is 12.2. The molecule has 0 radical (unpaired) electrons. The third kappa shape index (κ3) is 4.51. The van der Waals surface area contributed by atoms with Crippen molar-refractivity contribution in [3.63, 3.8) is 0 Å². The molecule has 1 N–H and O–H groups in total. The van der Waals surface area contributed by atoms with E-state index in [2.05, 4.69) is 26.1 Å². The Kier molecular flexibility index (Phi) is 4.18. The molecule has 2 rings (SSSR count). The molecule has 0 amide bonds. The monoisotopic (exact) mass is 267 g/mol. The Bertz CT molecular complexity index is 407. The van der Waals surface area contributed by atoms with Crippen LogP contribution in [0.15, 0.2) is 18.2 Å². The zero-order chi connectivity index (χ0) is 13.2. The highest BCUT2D eigenvalue weighted by Gasteiger charge is 2.22. The summed E-state index contributed by atoms with van der Waals surface area (Å²) in [5, 5.41) is 4.23. The van der Waals surface area contributed by atoms with Gasteiger partial charge in [0.1, 0.15) is 5.75 Å². The first-order valence-corrected chi connectivity index (χ1v) is 6.98. The minimum Gasteiger partial charge on any atom is -0.493 e. The number of benzene rings is 1. The molecule has 0 aromatic heterocycles. The second kappa shape index (κ2) is 5.50. The van der Waals surface area contributed by atoms with Crippen molar-refractivity contribution in [3.8, 4) is 5.75 Å². The highest BCUT2D eigenvalue weighted by molar-refractivity contribution is 6.30. The number of ether oxygens (including phenoxy) is 1. The second-order valence-corrected chi connectivity index (χ2v) is 6.55. The van der Waals surface area contributed by atoms with E-state index in [1.54, 1.807) is 0 Å². The molecule has 1 aliphatic carbocycles. The van der Waals surface area contributed by atoms with E-state index in [9.17, 15) is 0 Å². The maximum atomic E-state index is 6.06. The van der Waals surface area contributed by atoms with Gasteiger partial charge in [-0.15, -0.1) is 0 Å². The third-order valence-electron chi connectivity index (χ3n) is 3.00. The number of nitrogens with one attached hydrogen (secondary N) is 1. The third-order valence-corrected chi connectivity index (χ3v) is 3.24. The molecule has 18 heavy (non-hydrogen) atoms. The van der Waals surface area contributed by atoms with E-state index in [1.807, 2.05) is 18.2 Å². The van der Waals surface area contributed by atoms with Crippen LogP contribution in [0.5, 0.6) is 5.75 Å². The fourth-order valence-corrected chi connectivity index (χ4v) is 1.87. The zero-order valence-electron chi connectivity index (χ0n) is 11.4. The van der Waals surface area contributed by atoms with Gasteiger partial charge in [-0.25, -0.2) is 0 Å². The Balaban J connectivity index is 2.02. The van der Waals surface area contributed by atoms with E-state index in [4.69, 9.17) is 16.3 Å². The Hall–Kier alpha value is -0.730. The van der Waals surface area contributed by atoms with Crippen molar-refractivity contribution in [2.45, 2.75) is 45.7 Å². The molecule has 0 saturated heterocycles. The molecular formula is C15H22ClNO. The average molecular weight is 268 g/mol. The highest BCUT2D eigenvalue weighted by atomic mass is 35.5. The van der Waals surface area contributed by atoms with Crippen LogP contribution >= 0.6 is 11.6 Å². The topological polar surface area (TPSA) is 21.3 Å². The standard InChI is InChI=1S/C15H22ClNO/c1-15(2,3)17-9-12-8-13(16)6-7-14(12)18-10-11-4-5-11/h6-8,11,17H,4-5,9-10H2,1-3H3. The maximum absolute atomic E-state index is 6.06. The van der Waals surface area contributed by atoms with Crippen molar-refractivity contribution in [2.24, 2.45) is 5.92 Å². The van der Waals surface area contributed by atoms with Gasteiger partial charge < -0.3 is 10.1 Å². The Morgan fingerprint density at radius 1 is 1.33 bits per heavy atom. The first kappa shape index (κ1) is 13.7. The first-order chi connectivity index (χ1) is 8.44. The van der Waals surface area contributed by atoms with E-state index in [0.29, 0.717) is 0 Å². The van der Waals surface area contributed by atoms with Crippen LogP contribution in [0.2, 0.25) is 5.02 Å². The number of hydrogen-bond acceptors (Lipinski definition) is 2. The van der Waals surface area contributed by atoms with Crippen LogP contribution < -0.4 is 10.1 Å². The molecule has 3 heteroatoms. The van der Waals surface area contributed by atoms with E-state index in [0.717, 1.165) is 35.4 Å². The van der Waals surface area contributed by atoms with Crippen molar-refractivity contribution in [1.29, 1.82) is 0 Å². The van der Waals surface area contributed by atoms with Crippen LogP contribution in [0.1, 0.15) is 39.2 Å². The summed E-state index contributed by atoms with van der Waals surface area (Å²) in [5.74, 6) is 1.73. The van der Waals surface area contributed by atoms with Gasteiger partial charge in [0.15, 0.2) is 0 Å². The molecule has 0 unspecified atom stereocenters. The van der Waals surface area contributed by atoms with Gasteiger partial charge in [0.05, 0.1) is 6.61 Å². The van der Waals surface area contributed by atoms with E-state index in [1.165, 1.54) is 12.8 Å². The quantitative estimate of drug-likeness (QED) is 0.870. The summed E-state index contributed by atoms with van der Waals surface area (Å²) in [5.41, 5.74) is 1.23. The smallest absolute Gasteiger partial charge is 0.123 e. The highest BCUT2D eigenvalue weighted by Crippen LogP contribution is 2.31. The van der Waals surface area contributed by atoms with Gasteiger partial charge in [-0.1, -0.05) is 11.6 Å². The van der Waals surface area contributed by atoms with E-state index < -0.39 is 0 Å². The average Bonchev–Trinajstić information content (AvgIpc) is 3.08. The molecule has 0 atom stereocenters. The maximum Gasteiger partial charge on any atom is 0.123 e. The molecule has 1 fully saturated rings. The Morgan fingerprint density at radius 2 is 2.06 bits per heavy atom. The summed E-state index contributed by atoms with van der Waals surface area (Å²) in [7, 11) is 0. The van der Waals surface area contributed by atoms with Crippen LogP contribution in [-0.2, 0) is 6.54 Å². The molecule has 1 aliphatic rings. The van der Waals surface area contributed by atoms with Crippen LogP contribution in [0.4, 0.5) is 0 Å². The lowest BCUT2D eigenvalue weighted by Crippen LogP contribution is -2.35. The number of rotatable bonds is 5. The minimum atomic E-state index is 0.0933. The van der Waals surface area contributed by atoms with Gasteiger partial charge in [-0.2, -0.15) is 0 Å². The molecule has 100 valence electrons. The van der Waals surface area contributed by atoms with E-state index in [-0.39, 0.29) is 5.54 Å². The van der Waals surface area contributed by atoms with Crippen molar-refractivity contribution >= 4 is 11.6 Å². The predicted molar refractivity (Wildman–Crippen MR) is 76.3 cm³/mol. The van der Waals surface area contributed by atoms with Crippen molar-refractivity contribution in [1.82, 2.24) is 5.32 Å². The summed E-state index contributed by atoms with van der Waals surface area (Å²) in [6.07, 6.45) is 2.62. The molecular weight excluding hydrogens is 246 g/mol. The van der Waals surface area contributed by atoms with Crippen molar-refractivity contribution in [2.75, 3.05) is 6.61 Å². The fraction of sp³-hybridized carbons (Fsp3) is 0.600. The van der Waals surface area contributed by atoms with E-state index >= 15 is 0 Å². The molecule has 1 aromatic rings. The van der Waals surface area contributed by atoms with Crippen LogP contribution in [0, 0.1) is 5.92 Å². The van der Waals surface area contributed by atoms with Crippen molar-refractivity contribution < 1.29 is 4.74 Å². The van der Waals surface area contributed by atoms with Gasteiger partial charge in [0.2, 0.25) is 0 Å². The predicted octanol–water partition coefficient (Wildman–Crippen LogP) is 4.02. The van der Waals surface area contributed by atoms with Crippen LogP contribution in [0.25, 0.3) is 0 Å². The molecule has 0 bridgehead atoms. The van der Waals surface area contributed by atoms with Gasteiger partial charge in [0.25, 0.3) is 0 Å². The molecule has 0 spiro atoms. The summed E-state index contributed by atoms with van der Waals surface area (Å²) in [6, 6.07) is 5.86. The van der Waals surface area contributed by atoms with Gasteiger partial charge in [-0.3, -0.25) is 0 Å². The van der Waals surface area contributed by atoms with Crippen LogP contribution in [0.3, 0.4) is 0 Å². The molecule has 1 saturated carbocycles. The van der Waals surface area contributed by atoms with Crippen LogP contribution in [-0.4, -0.2) is 12.1 Å². The Labute approximate surface area is 115 Å². The summed E-state index contributed by atoms with van der Waals surface area (Å²) < 4.78 is 5.88. The second-order valence-electron chi connectivity index (χ2n) is 6.11. The summed E-state index contributed by atoms with van der Waals surface area (Å²) in [6.45, 7) is 8.08. The number of halogens is 1. The summed E-state index contributed by atoms with van der Waals surface area (Å²) >= 11 is 6.06. The van der Waals surface area contributed by atoms with Crippen molar-refractivity contribution in [3.05, 3.63) is 28.8 Å². The summed E-state index contributed by atoms with van der Waals surface area (Å²) in [4.78, 5) is 0. The lowest BCUT2D eigenvalue weighted by Gasteiger charge is -2.21. The Morgan fingerprint density at radius 3 is 2.67 bits per heavy atom. The van der Waals surface area contributed by atoms with Gasteiger partial charge >= 0.3 is 0 Å². The van der Waals surface area contributed by atoms with Gasteiger partial charge in [0, 0.05) is 22.7 Å². The minimum absolute atomic E-state index is 0.0933. The SMILES string of the molecule is CC(C)(C)NCc1cc(Cl)ccc1OCC1CC1. The molecule has 0 aliphatic heterocycles.